The maximum atomic E-state index is 10.1. The van der Waals surface area contributed by atoms with Crippen LogP contribution in [0.3, 0.4) is 0 Å². The standard InChI is InChI=1S/C23H30N4O2/c1-24-23(25-16-19-6-2-5-9-22(19)29-17-18-10-11-18)27-14-12-26(13-15-27)20-7-3-4-8-21(20)28/h2-9,18,28H,10-17H2,1H3,(H,24,25). The summed E-state index contributed by atoms with van der Waals surface area (Å²) in [5.41, 5.74) is 2.05. The summed E-state index contributed by atoms with van der Waals surface area (Å²) < 4.78 is 6.02. The van der Waals surface area contributed by atoms with Crippen LogP contribution in [0.15, 0.2) is 53.5 Å². The van der Waals surface area contributed by atoms with Crippen LogP contribution in [0.25, 0.3) is 0 Å². The van der Waals surface area contributed by atoms with Crippen molar-refractivity contribution in [1.29, 1.82) is 0 Å². The first-order chi connectivity index (χ1) is 14.2. The Balaban J connectivity index is 1.32. The number of ether oxygens (including phenoxy) is 1. The molecule has 0 aromatic heterocycles. The average Bonchev–Trinajstić information content (AvgIpc) is 3.59. The fraction of sp³-hybridized carbons (Fsp3) is 0.435. The van der Waals surface area contributed by atoms with E-state index in [2.05, 4.69) is 32.2 Å². The zero-order chi connectivity index (χ0) is 20.1. The molecule has 2 N–H and O–H groups in total. The summed E-state index contributed by atoms with van der Waals surface area (Å²) in [6.45, 7) is 4.91. The molecule has 0 unspecified atom stereocenters. The molecule has 1 heterocycles. The lowest BCUT2D eigenvalue weighted by Crippen LogP contribution is -2.52. The summed E-state index contributed by atoms with van der Waals surface area (Å²) in [6.07, 6.45) is 2.58. The van der Waals surface area contributed by atoms with Gasteiger partial charge in [0.2, 0.25) is 0 Å². The summed E-state index contributed by atoms with van der Waals surface area (Å²) in [6, 6.07) is 15.8. The summed E-state index contributed by atoms with van der Waals surface area (Å²) in [5, 5.41) is 13.6. The van der Waals surface area contributed by atoms with Gasteiger partial charge in [0.1, 0.15) is 11.5 Å². The first kappa shape index (κ1) is 19.4. The average molecular weight is 395 g/mol. The first-order valence-corrected chi connectivity index (χ1v) is 10.4. The van der Waals surface area contributed by atoms with Crippen molar-refractivity contribution in [3.8, 4) is 11.5 Å². The molecule has 0 bridgehead atoms. The molecule has 0 amide bonds. The van der Waals surface area contributed by atoms with Crippen molar-refractivity contribution in [2.45, 2.75) is 19.4 Å². The van der Waals surface area contributed by atoms with E-state index in [1.807, 2.05) is 37.4 Å². The van der Waals surface area contributed by atoms with Gasteiger partial charge < -0.3 is 25.0 Å². The zero-order valence-corrected chi connectivity index (χ0v) is 17.1. The van der Waals surface area contributed by atoms with Gasteiger partial charge in [-0.2, -0.15) is 0 Å². The lowest BCUT2D eigenvalue weighted by Gasteiger charge is -2.37. The van der Waals surface area contributed by atoms with E-state index in [0.717, 1.165) is 61.7 Å². The number of benzene rings is 2. The Morgan fingerprint density at radius 2 is 1.79 bits per heavy atom. The van der Waals surface area contributed by atoms with Gasteiger partial charge in [-0.3, -0.25) is 4.99 Å². The van der Waals surface area contributed by atoms with E-state index in [9.17, 15) is 5.11 Å². The minimum absolute atomic E-state index is 0.339. The van der Waals surface area contributed by atoms with Gasteiger partial charge >= 0.3 is 0 Å². The highest BCUT2D eigenvalue weighted by molar-refractivity contribution is 5.80. The van der Waals surface area contributed by atoms with Gasteiger partial charge in [-0.15, -0.1) is 0 Å². The molecule has 2 aliphatic rings. The number of anilines is 1. The Morgan fingerprint density at radius 3 is 2.52 bits per heavy atom. The predicted molar refractivity (Wildman–Crippen MR) is 117 cm³/mol. The second-order valence-electron chi connectivity index (χ2n) is 7.73. The van der Waals surface area contributed by atoms with Crippen molar-refractivity contribution in [3.63, 3.8) is 0 Å². The topological polar surface area (TPSA) is 60.3 Å². The van der Waals surface area contributed by atoms with Crippen LogP contribution in [0.2, 0.25) is 0 Å². The monoisotopic (exact) mass is 394 g/mol. The third-order valence-corrected chi connectivity index (χ3v) is 5.59. The van der Waals surface area contributed by atoms with Crippen molar-refractivity contribution >= 4 is 11.6 Å². The number of rotatable bonds is 6. The van der Waals surface area contributed by atoms with Crippen molar-refractivity contribution in [2.75, 3.05) is 44.7 Å². The highest BCUT2D eigenvalue weighted by Gasteiger charge is 2.23. The normalized spacial score (nSPS) is 17.3. The molecule has 2 fully saturated rings. The van der Waals surface area contributed by atoms with Gasteiger partial charge in [-0.05, 0) is 37.0 Å². The molecular formula is C23H30N4O2. The van der Waals surface area contributed by atoms with E-state index >= 15 is 0 Å². The molecule has 6 nitrogen and oxygen atoms in total. The van der Waals surface area contributed by atoms with E-state index in [0.29, 0.717) is 12.3 Å². The van der Waals surface area contributed by atoms with Crippen LogP contribution in [0, 0.1) is 5.92 Å². The van der Waals surface area contributed by atoms with Gasteiger partial charge in [0.15, 0.2) is 5.96 Å². The highest BCUT2D eigenvalue weighted by atomic mass is 16.5. The summed E-state index contributed by atoms with van der Waals surface area (Å²) in [4.78, 5) is 8.97. The SMILES string of the molecule is CN=C(NCc1ccccc1OCC1CC1)N1CCN(c2ccccc2O)CC1. The van der Waals surface area contributed by atoms with Gasteiger partial charge in [0, 0.05) is 45.3 Å². The smallest absolute Gasteiger partial charge is 0.194 e. The van der Waals surface area contributed by atoms with Crippen molar-refractivity contribution < 1.29 is 9.84 Å². The van der Waals surface area contributed by atoms with Gasteiger partial charge in [0.25, 0.3) is 0 Å². The number of nitrogens with zero attached hydrogens (tertiary/aromatic N) is 3. The number of phenolic OH excluding ortho intramolecular Hbond substituents is 1. The fourth-order valence-electron chi connectivity index (χ4n) is 3.68. The lowest BCUT2D eigenvalue weighted by atomic mass is 10.2. The minimum atomic E-state index is 0.339. The number of phenols is 1. The fourth-order valence-corrected chi connectivity index (χ4v) is 3.68. The van der Waals surface area contributed by atoms with Crippen LogP contribution >= 0.6 is 0 Å². The van der Waals surface area contributed by atoms with E-state index in [-0.39, 0.29) is 0 Å². The van der Waals surface area contributed by atoms with Gasteiger partial charge in [-0.25, -0.2) is 0 Å². The molecule has 1 saturated carbocycles. The van der Waals surface area contributed by atoms with Gasteiger partial charge in [0.05, 0.1) is 12.3 Å². The molecule has 29 heavy (non-hydrogen) atoms. The maximum absolute atomic E-state index is 10.1. The first-order valence-electron chi connectivity index (χ1n) is 10.4. The van der Waals surface area contributed by atoms with Crippen molar-refractivity contribution in [3.05, 3.63) is 54.1 Å². The second-order valence-corrected chi connectivity index (χ2v) is 7.73. The van der Waals surface area contributed by atoms with Crippen LogP contribution in [0.4, 0.5) is 5.69 Å². The Kier molecular flexibility index (Phi) is 6.08. The Bertz CT molecular complexity index is 842. The molecule has 1 aliphatic heterocycles. The Hall–Kier alpha value is -2.89. The highest BCUT2D eigenvalue weighted by Crippen LogP contribution is 2.30. The molecule has 2 aromatic rings. The number of para-hydroxylation sites is 3. The molecule has 2 aromatic carbocycles. The lowest BCUT2D eigenvalue weighted by molar-refractivity contribution is 0.296. The predicted octanol–water partition coefficient (Wildman–Crippen LogP) is 3.08. The molecule has 0 atom stereocenters. The van der Waals surface area contributed by atoms with Crippen LogP contribution in [0.5, 0.6) is 11.5 Å². The number of piperazine rings is 1. The molecule has 154 valence electrons. The summed E-state index contributed by atoms with van der Waals surface area (Å²) >= 11 is 0. The third kappa shape index (κ3) is 4.94. The van der Waals surface area contributed by atoms with Crippen LogP contribution < -0.4 is 15.0 Å². The molecular weight excluding hydrogens is 364 g/mol. The molecule has 6 heteroatoms. The van der Waals surface area contributed by atoms with Crippen LogP contribution in [-0.4, -0.2) is 55.8 Å². The number of aliphatic imine (C=N–C) groups is 1. The number of hydrogen-bond donors (Lipinski definition) is 2. The molecule has 0 spiro atoms. The second kappa shape index (κ2) is 9.07. The zero-order valence-electron chi connectivity index (χ0n) is 17.1. The third-order valence-electron chi connectivity index (χ3n) is 5.59. The van der Waals surface area contributed by atoms with E-state index < -0.39 is 0 Å². The van der Waals surface area contributed by atoms with Crippen molar-refractivity contribution in [2.24, 2.45) is 10.9 Å². The quantitative estimate of drug-likeness (QED) is 0.582. The Labute approximate surface area is 172 Å². The molecule has 4 rings (SSSR count). The summed E-state index contributed by atoms with van der Waals surface area (Å²) in [5.74, 6) is 2.95. The van der Waals surface area contributed by atoms with E-state index in [4.69, 9.17) is 4.74 Å². The summed E-state index contributed by atoms with van der Waals surface area (Å²) in [7, 11) is 1.83. The van der Waals surface area contributed by atoms with Crippen LogP contribution in [-0.2, 0) is 6.54 Å². The number of nitrogens with one attached hydrogen (secondary N) is 1. The maximum Gasteiger partial charge on any atom is 0.194 e. The molecule has 1 aliphatic carbocycles. The molecule has 1 saturated heterocycles. The van der Waals surface area contributed by atoms with Crippen LogP contribution in [0.1, 0.15) is 18.4 Å². The Morgan fingerprint density at radius 1 is 1.07 bits per heavy atom. The van der Waals surface area contributed by atoms with Gasteiger partial charge in [-0.1, -0.05) is 30.3 Å². The number of aromatic hydroxyl groups is 1. The number of hydrogen-bond acceptors (Lipinski definition) is 4. The van der Waals surface area contributed by atoms with Crippen molar-refractivity contribution in [1.82, 2.24) is 10.2 Å². The minimum Gasteiger partial charge on any atom is -0.506 e. The van der Waals surface area contributed by atoms with E-state index in [1.165, 1.54) is 12.8 Å². The largest absolute Gasteiger partial charge is 0.506 e. The molecule has 0 radical (unpaired) electrons. The van der Waals surface area contributed by atoms with E-state index in [1.54, 1.807) is 6.07 Å². The number of guanidine groups is 1.